The maximum Gasteiger partial charge on any atom is 0.289 e. The van der Waals surface area contributed by atoms with E-state index in [4.69, 9.17) is 0 Å². The summed E-state index contributed by atoms with van der Waals surface area (Å²) in [6.45, 7) is 20.3. The lowest BCUT2D eigenvalue weighted by Crippen LogP contribution is -2.37. The Morgan fingerprint density at radius 2 is 1.48 bits per heavy atom. The molecule has 2 unspecified atom stereocenters. The molecule has 0 N–H and O–H groups in total. The van der Waals surface area contributed by atoms with E-state index in [0.29, 0.717) is 11.8 Å². The summed E-state index contributed by atoms with van der Waals surface area (Å²) in [5, 5.41) is 0. The summed E-state index contributed by atoms with van der Waals surface area (Å²) in [5.41, 5.74) is 9.89. The summed E-state index contributed by atoms with van der Waals surface area (Å²) < 4.78 is 4.97. The average Bonchev–Trinajstić information content (AvgIpc) is 3.01. The minimum Gasteiger partial charge on any atom is -0.227 e. The van der Waals surface area contributed by atoms with Crippen LogP contribution in [0.25, 0.3) is 11.4 Å². The highest BCUT2D eigenvalue weighted by Gasteiger charge is 2.28. The second kappa shape index (κ2) is 9.85. The van der Waals surface area contributed by atoms with E-state index in [1.54, 1.807) is 0 Å². The van der Waals surface area contributed by atoms with E-state index in [-0.39, 0.29) is 0 Å². The Bertz CT molecular complexity index is 976. The molecule has 2 atom stereocenters. The Hall–Kier alpha value is -2.35. The van der Waals surface area contributed by atoms with Gasteiger partial charge < -0.3 is 0 Å². The third-order valence-electron chi connectivity index (χ3n) is 7.23. The van der Waals surface area contributed by atoms with Gasteiger partial charge in [-0.3, -0.25) is 0 Å². The molecule has 3 rings (SSSR count). The highest BCUT2D eigenvalue weighted by molar-refractivity contribution is 5.64. The Kier molecular flexibility index (Phi) is 7.41. The van der Waals surface area contributed by atoms with Crippen molar-refractivity contribution in [1.29, 1.82) is 0 Å². The lowest BCUT2D eigenvalue weighted by atomic mass is 9.83. The monoisotopic (exact) mass is 417 g/mol. The average molecular weight is 418 g/mol. The fourth-order valence-corrected chi connectivity index (χ4v) is 5.36. The van der Waals surface area contributed by atoms with Crippen molar-refractivity contribution < 1.29 is 4.57 Å². The topological polar surface area (TPSA) is 8.81 Å². The van der Waals surface area contributed by atoms with Crippen molar-refractivity contribution in [2.75, 3.05) is 0 Å². The summed E-state index contributed by atoms with van der Waals surface area (Å²) in [6.07, 6.45) is 2.38. The summed E-state index contributed by atoms with van der Waals surface area (Å²) in [6, 6.07) is 15.9. The van der Waals surface area contributed by atoms with Gasteiger partial charge in [0.15, 0.2) is 0 Å². The van der Waals surface area contributed by atoms with Crippen molar-refractivity contribution in [3.05, 3.63) is 76.1 Å². The standard InChI is InChI=1S/C29H41N2/c1-9-25(26-15-13-12-14-16-26)17-20(4)27-18-21(5)28(22(6)19-27)29-30(10-2)23(7)24(8)31(29)11-3/h12-16,18-20,25H,9-11,17H2,1-8H3/q+1. The van der Waals surface area contributed by atoms with Gasteiger partial charge in [-0.25, -0.2) is 9.13 Å². The number of hydrogen-bond donors (Lipinski definition) is 0. The highest BCUT2D eigenvalue weighted by Crippen LogP contribution is 2.35. The number of rotatable bonds is 8. The SMILES string of the molecule is CCC(CC(C)c1cc(C)c(-c2n(CC)c(C)c(C)[n+]2CC)c(C)c1)c1ccccc1. The molecule has 0 bridgehead atoms. The largest absolute Gasteiger partial charge is 0.289 e. The van der Waals surface area contributed by atoms with Crippen LogP contribution in [-0.4, -0.2) is 4.57 Å². The van der Waals surface area contributed by atoms with E-state index >= 15 is 0 Å². The number of imidazole rings is 1. The first kappa shape index (κ1) is 23.3. The summed E-state index contributed by atoms with van der Waals surface area (Å²) in [5.74, 6) is 2.52. The van der Waals surface area contributed by atoms with E-state index in [9.17, 15) is 0 Å². The van der Waals surface area contributed by atoms with Crippen LogP contribution in [0.1, 0.15) is 86.0 Å². The minimum atomic E-state index is 0.538. The van der Waals surface area contributed by atoms with Crippen molar-refractivity contribution in [3.8, 4) is 11.4 Å². The summed E-state index contributed by atoms with van der Waals surface area (Å²) >= 11 is 0. The zero-order valence-corrected chi connectivity index (χ0v) is 20.9. The van der Waals surface area contributed by atoms with Gasteiger partial charge in [0, 0.05) is 13.8 Å². The fourth-order valence-electron chi connectivity index (χ4n) is 5.36. The van der Waals surface area contributed by atoms with Crippen LogP contribution in [-0.2, 0) is 13.1 Å². The van der Waals surface area contributed by atoms with Crippen LogP contribution >= 0.6 is 0 Å². The van der Waals surface area contributed by atoms with Gasteiger partial charge in [0.1, 0.15) is 11.4 Å². The molecule has 1 heterocycles. The lowest BCUT2D eigenvalue weighted by molar-refractivity contribution is -0.688. The lowest BCUT2D eigenvalue weighted by Gasteiger charge is -2.22. The molecule has 31 heavy (non-hydrogen) atoms. The maximum atomic E-state index is 2.49. The van der Waals surface area contributed by atoms with Gasteiger partial charge in [-0.15, -0.1) is 0 Å². The van der Waals surface area contributed by atoms with E-state index < -0.39 is 0 Å². The minimum absolute atomic E-state index is 0.538. The van der Waals surface area contributed by atoms with Crippen molar-refractivity contribution in [3.63, 3.8) is 0 Å². The van der Waals surface area contributed by atoms with Crippen LogP contribution in [0.15, 0.2) is 42.5 Å². The zero-order valence-electron chi connectivity index (χ0n) is 20.9. The van der Waals surface area contributed by atoms with Crippen molar-refractivity contribution in [2.45, 2.75) is 93.2 Å². The van der Waals surface area contributed by atoms with Crippen LogP contribution in [0.4, 0.5) is 0 Å². The van der Waals surface area contributed by atoms with Gasteiger partial charge in [0.2, 0.25) is 0 Å². The molecule has 0 fully saturated rings. The normalized spacial score (nSPS) is 13.4. The quantitative estimate of drug-likeness (QED) is 0.338. The van der Waals surface area contributed by atoms with Crippen molar-refractivity contribution in [1.82, 2.24) is 4.57 Å². The Morgan fingerprint density at radius 3 is 2.00 bits per heavy atom. The van der Waals surface area contributed by atoms with Crippen LogP contribution in [0.2, 0.25) is 0 Å². The van der Waals surface area contributed by atoms with Gasteiger partial charge in [-0.05, 0) is 74.6 Å². The molecule has 1 aromatic heterocycles. The Labute approximate surface area is 190 Å². The molecule has 0 spiro atoms. The first-order valence-corrected chi connectivity index (χ1v) is 12.1. The van der Waals surface area contributed by atoms with Crippen LogP contribution < -0.4 is 4.57 Å². The molecule has 2 aromatic carbocycles. The number of nitrogens with zero attached hydrogens (tertiary/aromatic N) is 2. The van der Waals surface area contributed by atoms with Crippen LogP contribution in [0, 0.1) is 27.7 Å². The van der Waals surface area contributed by atoms with Crippen LogP contribution in [0.3, 0.4) is 0 Å². The molecule has 0 radical (unpaired) electrons. The van der Waals surface area contributed by atoms with Gasteiger partial charge in [0.25, 0.3) is 5.82 Å². The van der Waals surface area contributed by atoms with Gasteiger partial charge >= 0.3 is 0 Å². The molecule has 0 amide bonds. The number of hydrogen-bond acceptors (Lipinski definition) is 0. The molecule has 3 aromatic rings. The second-order valence-corrected chi connectivity index (χ2v) is 9.17. The predicted molar refractivity (Wildman–Crippen MR) is 133 cm³/mol. The molecule has 0 saturated heterocycles. The molecule has 0 aliphatic rings. The molecule has 0 aliphatic heterocycles. The van der Waals surface area contributed by atoms with E-state index in [0.717, 1.165) is 13.1 Å². The summed E-state index contributed by atoms with van der Waals surface area (Å²) in [7, 11) is 0. The van der Waals surface area contributed by atoms with Gasteiger partial charge in [0.05, 0.1) is 18.7 Å². The Balaban J connectivity index is 1.99. The molecular weight excluding hydrogens is 376 g/mol. The number of benzene rings is 2. The first-order valence-electron chi connectivity index (χ1n) is 12.1. The molecular formula is C29H41N2+. The van der Waals surface area contributed by atoms with Gasteiger partial charge in [-0.2, -0.15) is 0 Å². The number of aryl methyl sites for hydroxylation is 2. The summed E-state index contributed by atoms with van der Waals surface area (Å²) in [4.78, 5) is 0. The van der Waals surface area contributed by atoms with Crippen molar-refractivity contribution >= 4 is 0 Å². The molecule has 166 valence electrons. The third kappa shape index (κ3) is 4.49. The van der Waals surface area contributed by atoms with Crippen molar-refractivity contribution in [2.24, 2.45) is 0 Å². The molecule has 2 nitrogen and oxygen atoms in total. The third-order valence-corrected chi connectivity index (χ3v) is 7.23. The maximum absolute atomic E-state index is 2.49. The Morgan fingerprint density at radius 1 is 0.871 bits per heavy atom. The van der Waals surface area contributed by atoms with E-state index in [1.165, 1.54) is 57.9 Å². The van der Waals surface area contributed by atoms with E-state index in [1.807, 2.05) is 0 Å². The van der Waals surface area contributed by atoms with Crippen LogP contribution in [0.5, 0.6) is 0 Å². The predicted octanol–water partition coefficient (Wildman–Crippen LogP) is 7.40. The first-order chi connectivity index (χ1) is 14.8. The number of aromatic nitrogens is 2. The molecule has 0 saturated carbocycles. The smallest absolute Gasteiger partial charge is 0.227 e. The van der Waals surface area contributed by atoms with E-state index in [2.05, 4.69) is 107 Å². The molecule has 2 heteroatoms. The fraction of sp³-hybridized carbons (Fsp3) is 0.483. The zero-order chi connectivity index (χ0) is 22.7. The second-order valence-electron chi connectivity index (χ2n) is 9.17. The highest BCUT2D eigenvalue weighted by atomic mass is 15.2. The molecule has 0 aliphatic carbocycles. The van der Waals surface area contributed by atoms with Gasteiger partial charge in [-0.1, -0.05) is 56.3 Å².